The molecule has 0 aliphatic carbocycles. The van der Waals surface area contributed by atoms with Crippen LogP contribution >= 0.6 is 0 Å². The van der Waals surface area contributed by atoms with Gasteiger partial charge in [0.1, 0.15) is 11.6 Å². The Morgan fingerprint density at radius 1 is 1.33 bits per heavy atom. The van der Waals surface area contributed by atoms with Gasteiger partial charge >= 0.3 is 0 Å². The molecule has 1 heterocycles. The third kappa shape index (κ3) is 3.17. The van der Waals surface area contributed by atoms with Crippen LogP contribution in [-0.2, 0) is 13.5 Å². The van der Waals surface area contributed by atoms with Crippen molar-refractivity contribution in [1.82, 2.24) is 14.9 Å². The van der Waals surface area contributed by atoms with Crippen molar-refractivity contribution in [3.63, 3.8) is 0 Å². The van der Waals surface area contributed by atoms with Gasteiger partial charge in [0.15, 0.2) is 0 Å². The highest BCUT2D eigenvalue weighted by molar-refractivity contribution is 5.16. The smallest absolute Gasteiger partial charge is 0.125 e. The summed E-state index contributed by atoms with van der Waals surface area (Å²) in [4.78, 5) is 4.30. The van der Waals surface area contributed by atoms with Gasteiger partial charge in [0, 0.05) is 19.4 Å². The Bertz CT molecular complexity index is 490. The average Bonchev–Trinajstić information content (AvgIpc) is 2.78. The fourth-order valence-corrected chi connectivity index (χ4v) is 1.97. The van der Waals surface area contributed by atoms with Crippen LogP contribution in [0, 0.1) is 5.82 Å². The Hall–Kier alpha value is -1.68. The first-order valence-corrected chi connectivity index (χ1v) is 6.12. The highest BCUT2D eigenvalue weighted by atomic mass is 19.1. The predicted octanol–water partition coefficient (Wildman–Crippen LogP) is 2.45. The lowest BCUT2D eigenvalue weighted by Gasteiger charge is -2.13. The fraction of sp³-hybridized carbons (Fsp3) is 0.357. The number of hydrogen-bond acceptors (Lipinski definition) is 2. The summed E-state index contributed by atoms with van der Waals surface area (Å²) in [6.45, 7) is 2.94. The zero-order valence-corrected chi connectivity index (χ0v) is 10.7. The zero-order valence-electron chi connectivity index (χ0n) is 10.7. The summed E-state index contributed by atoms with van der Waals surface area (Å²) in [5.74, 6) is 0.835. The monoisotopic (exact) mass is 247 g/mol. The molecule has 0 bridgehead atoms. The van der Waals surface area contributed by atoms with Gasteiger partial charge in [-0.2, -0.15) is 0 Å². The Morgan fingerprint density at radius 2 is 2.06 bits per heavy atom. The molecule has 1 aromatic carbocycles. The van der Waals surface area contributed by atoms with Gasteiger partial charge in [-0.05, 0) is 37.6 Å². The van der Waals surface area contributed by atoms with Gasteiger partial charge in [0.2, 0.25) is 0 Å². The van der Waals surface area contributed by atoms with E-state index in [0.717, 1.165) is 24.4 Å². The molecular formula is C14H18FN3. The quantitative estimate of drug-likeness (QED) is 0.879. The number of aromatic nitrogens is 2. The lowest BCUT2D eigenvalue weighted by Crippen LogP contribution is -2.23. The van der Waals surface area contributed by atoms with Crippen molar-refractivity contribution in [1.29, 1.82) is 0 Å². The predicted molar refractivity (Wildman–Crippen MR) is 69.7 cm³/mol. The van der Waals surface area contributed by atoms with Gasteiger partial charge in [0.05, 0.1) is 6.04 Å². The Balaban J connectivity index is 1.82. The molecule has 2 rings (SSSR count). The van der Waals surface area contributed by atoms with Gasteiger partial charge < -0.3 is 9.88 Å². The van der Waals surface area contributed by atoms with E-state index in [4.69, 9.17) is 0 Å². The molecule has 0 spiro atoms. The lowest BCUT2D eigenvalue weighted by molar-refractivity contribution is 0.533. The minimum absolute atomic E-state index is 0.187. The number of imidazole rings is 1. The summed E-state index contributed by atoms with van der Waals surface area (Å²) in [7, 11) is 1.99. The molecule has 18 heavy (non-hydrogen) atoms. The summed E-state index contributed by atoms with van der Waals surface area (Å²) in [5, 5.41) is 3.41. The van der Waals surface area contributed by atoms with Crippen LogP contribution in [0.25, 0.3) is 0 Å². The average molecular weight is 247 g/mol. The van der Waals surface area contributed by atoms with Gasteiger partial charge in [-0.25, -0.2) is 9.37 Å². The summed E-state index contributed by atoms with van der Waals surface area (Å²) in [5.41, 5.74) is 1.14. The molecule has 2 aromatic rings. The van der Waals surface area contributed by atoms with E-state index < -0.39 is 0 Å². The zero-order chi connectivity index (χ0) is 13.0. The van der Waals surface area contributed by atoms with Crippen molar-refractivity contribution in [2.45, 2.75) is 19.4 Å². The molecule has 1 unspecified atom stereocenters. The molecule has 3 nitrogen and oxygen atoms in total. The van der Waals surface area contributed by atoms with Gasteiger partial charge in [-0.15, -0.1) is 0 Å². The Kier molecular flexibility index (Phi) is 4.10. The molecule has 0 fully saturated rings. The highest BCUT2D eigenvalue weighted by Gasteiger charge is 2.08. The fourth-order valence-electron chi connectivity index (χ4n) is 1.97. The SMILES string of the molecule is CC(NCCc1ccc(F)cc1)c1nccn1C. The number of halogens is 1. The molecule has 96 valence electrons. The second-order valence-corrected chi connectivity index (χ2v) is 4.45. The van der Waals surface area contributed by atoms with Crippen LogP contribution in [0.3, 0.4) is 0 Å². The number of rotatable bonds is 5. The van der Waals surface area contributed by atoms with E-state index in [1.54, 1.807) is 6.20 Å². The second-order valence-electron chi connectivity index (χ2n) is 4.45. The minimum atomic E-state index is -0.187. The largest absolute Gasteiger partial charge is 0.337 e. The molecular weight excluding hydrogens is 229 g/mol. The van der Waals surface area contributed by atoms with Crippen LogP contribution in [-0.4, -0.2) is 16.1 Å². The van der Waals surface area contributed by atoms with Crippen molar-refractivity contribution < 1.29 is 4.39 Å². The lowest BCUT2D eigenvalue weighted by atomic mass is 10.1. The normalized spacial score (nSPS) is 12.6. The van der Waals surface area contributed by atoms with Crippen LogP contribution in [0.4, 0.5) is 4.39 Å². The highest BCUT2D eigenvalue weighted by Crippen LogP contribution is 2.09. The first-order valence-electron chi connectivity index (χ1n) is 6.12. The standard InChI is InChI=1S/C14H18FN3/c1-11(14-17-9-10-18(14)2)16-8-7-12-3-5-13(15)6-4-12/h3-6,9-11,16H,7-8H2,1-2H3. The maximum atomic E-state index is 12.7. The number of aryl methyl sites for hydroxylation is 1. The van der Waals surface area contributed by atoms with Crippen LogP contribution in [0.2, 0.25) is 0 Å². The molecule has 0 saturated carbocycles. The van der Waals surface area contributed by atoms with Crippen molar-refractivity contribution in [2.75, 3.05) is 6.54 Å². The summed E-state index contributed by atoms with van der Waals surface area (Å²) >= 11 is 0. The van der Waals surface area contributed by atoms with Crippen molar-refractivity contribution in [3.05, 3.63) is 53.9 Å². The summed E-state index contributed by atoms with van der Waals surface area (Å²) in [6.07, 6.45) is 4.62. The van der Waals surface area contributed by atoms with E-state index in [1.165, 1.54) is 12.1 Å². The molecule has 0 aliphatic heterocycles. The van der Waals surface area contributed by atoms with Crippen LogP contribution in [0.5, 0.6) is 0 Å². The van der Waals surface area contributed by atoms with E-state index in [-0.39, 0.29) is 11.9 Å². The number of nitrogens with zero attached hydrogens (tertiary/aromatic N) is 2. The van der Waals surface area contributed by atoms with E-state index in [1.807, 2.05) is 29.9 Å². The topological polar surface area (TPSA) is 29.9 Å². The first kappa shape index (κ1) is 12.8. The molecule has 0 saturated heterocycles. The van der Waals surface area contributed by atoms with Gasteiger partial charge in [-0.3, -0.25) is 0 Å². The maximum absolute atomic E-state index is 12.7. The molecule has 1 aromatic heterocycles. The number of nitrogens with one attached hydrogen (secondary N) is 1. The Labute approximate surface area is 107 Å². The van der Waals surface area contributed by atoms with Crippen LogP contribution in [0.15, 0.2) is 36.7 Å². The van der Waals surface area contributed by atoms with Crippen LogP contribution < -0.4 is 5.32 Å². The molecule has 1 atom stereocenters. The minimum Gasteiger partial charge on any atom is -0.337 e. The van der Waals surface area contributed by atoms with Gasteiger partial charge in [-0.1, -0.05) is 12.1 Å². The Morgan fingerprint density at radius 3 is 2.67 bits per heavy atom. The van der Waals surface area contributed by atoms with E-state index >= 15 is 0 Å². The number of benzene rings is 1. The van der Waals surface area contributed by atoms with E-state index in [2.05, 4.69) is 17.2 Å². The maximum Gasteiger partial charge on any atom is 0.125 e. The van der Waals surface area contributed by atoms with Gasteiger partial charge in [0.25, 0.3) is 0 Å². The summed E-state index contributed by atoms with van der Waals surface area (Å²) < 4.78 is 14.8. The molecule has 1 N–H and O–H groups in total. The number of hydrogen-bond donors (Lipinski definition) is 1. The van der Waals surface area contributed by atoms with Crippen molar-refractivity contribution in [3.8, 4) is 0 Å². The van der Waals surface area contributed by atoms with E-state index in [9.17, 15) is 4.39 Å². The van der Waals surface area contributed by atoms with Crippen LogP contribution in [0.1, 0.15) is 24.4 Å². The molecule has 0 radical (unpaired) electrons. The summed E-state index contributed by atoms with van der Waals surface area (Å²) in [6, 6.07) is 6.85. The third-order valence-corrected chi connectivity index (χ3v) is 3.02. The molecule has 0 aliphatic rings. The van der Waals surface area contributed by atoms with E-state index in [0.29, 0.717) is 0 Å². The first-order chi connectivity index (χ1) is 8.66. The van der Waals surface area contributed by atoms with Crippen molar-refractivity contribution in [2.24, 2.45) is 7.05 Å². The molecule has 0 amide bonds. The van der Waals surface area contributed by atoms with Crippen molar-refractivity contribution >= 4 is 0 Å². The second kappa shape index (κ2) is 5.78. The third-order valence-electron chi connectivity index (χ3n) is 3.02. The molecule has 4 heteroatoms.